The molecule has 0 aromatic heterocycles. The van der Waals surface area contributed by atoms with E-state index in [1.807, 2.05) is 0 Å². The van der Waals surface area contributed by atoms with Gasteiger partial charge in [-0.3, -0.25) is 4.79 Å². The van der Waals surface area contributed by atoms with Crippen LogP contribution in [-0.2, 0) is 16.1 Å². The lowest BCUT2D eigenvalue weighted by atomic mass is 10.2. The van der Waals surface area contributed by atoms with E-state index in [-0.39, 0.29) is 18.9 Å². The van der Waals surface area contributed by atoms with Gasteiger partial charge in [-0.2, -0.15) is 0 Å². The van der Waals surface area contributed by atoms with Crippen molar-refractivity contribution in [3.8, 4) is 17.2 Å². The van der Waals surface area contributed by atoms with Crippen molar-refractivity contribution in [2.45, 2.75) is 25.9 Å². The Labute approximate surface area is 163 Å². The third kappa shape index (κ3) is 5.53. The van der Waals surface area contributed by atoms with Crippen molar-refractivity contribution in [3.05, 3.63) is 53.6 Å². The Hall–Kier alpha value is -3.43. The first-order chi connectivity index (χ1) is 13.7. The second kappa shape index (κ2) is 8.29. The molecular formula is C19H16F3NO6. The zero-order valence-corrected chi connectivity index (χ0v) is 15.1. The third-order valence-electron chi connectivity index (χ3n) is 3.88. The van der Waals surface area contributed by atoms with Gasteiger partial charge in [0.25, 0.3) is 5.91 Å². The number of alkyl halides is 3. The smallest absolute Gasteiger partial charge is 0.454 e. The van der Waals surface area contributed by atoms with Gasteiger partial charge >= 0.3 is 12.3 Å². The zero-order chi connectivity index (χ0) is 21.0. The maximum atomic E-state index is 12.2. The topological polar surface area (TPSA) is 83.1 Å². The van der Waals surface area contributed by atoms with Gasteiger partial charge < -0.3 is 24.3 Å². The van der Waals surface area contributed by atoms with E-state index in [0.717, 1.165) is 29.8 Å². The fourth-order valence-electron chi connectivity index (χ4n) is 2.46. The molecule has 0 spiro atoms. The number of hydrogen-bond acceptors (Lipinski definition) is 6. The summed E-state index contributed by atoms with van der Waals surface area (Å²) in [5.41, 5.74) is 0.747. The molecule has 0 saturated carbocycles. The average molecular weight is 411 g/mol. The lowest BCUT2D eigenvalue weighted by Gasteiger charge is -2.14. The highest BCUT2D eigenvalue weighted by Gasteiger charge is 2.31. The first kappa shape index (κ1) is 20.3. The van der Waals surface area contributed by atoms with Gasteiger partial charge in [-0.05, 0) is 48.9 Å². The summed E-state index contributed by atoms with van der Waals surface area (Å²) in [7, 11) is 0. The van der Waals surface area contributed by atoms with Gasteiger partial charge in [-0.25, -0.2) is 4.79 Å². The second-order valence-corrected chi connectivity index (χ2v) is 6.03. The van der Waals surface area contributed by atoms with Crippen LogP contribution < -0.4 is 19.5 Å². The predicted octanol–water partition coefficient (Wildman–Crippen LogP) is 3.18. The molecule has 154 valence electrons. The van der Waals surface area contributed by atoms with Gasteiger partial charge in [-0.1, -0.05) is 6.07 Å². The van der Waals surface area contributed by atoms with Crippen molar-refractivity contribution in [2.24, 2.45) is 0 Å². The summed E-state index contributed by atoms with van der Waals surface area (Å²) in [4.78, 5) is 24.2. The lowest BCUT2D eigenvalue weighted by molar-refractivity contribution is -0.274. The van der Waals surface area contributed by atoms with Gasteiger partial charge in [0, 0.05) is 6.54 Å². The van der Waals surface area contributed by atoms with Crippen LogP contribution in [0.2, 0.25) is 0 Å². The summed E-state index contributed by atoms with van der Waals surface area (Å²) in [6.07, 6.45) is -5.94. The molecule has 0 aliphatic carbocycles. The van der Waals surface area contributed by atoms with Crippen LogP contribution in [0.1, 0.15) is 22.8 Å². The quantitative estimate of drug-likeness (QED) is 0.736. The first-order valence-electron chi connectivity index (χ1n) is 8.44. The van der Waals surface area contributed by atoms with E-state index in [4.69, 9.17) is 14.2 Å². The van der Waals surface area contributed by atoms with Crippen molar-refractivity contribution in [1.29, 1.82) is 0 Å². The molecule has 0 saturated heterocycles. The first-order valence-corrected chi connectivity index (χ1v) is 8.44. The number of hydrogen-bond donors (Lipinski definition) is 1. The van der Waals surface area contributed by atoms with Crippen molar-refractivity contribution in [2.75, 3.05) is 6.79 Å². The summed E-state index contributed by atoms with van der Waals surface area (Å²) in [6.45, 7) is 1.70. The highest BCUT2D eigenvalue weighted by Crippen LogP contribution is 2.32. The van der Waals surface area contributed by atoms with E-state index in [1.165, 1.54) is 6.92 Å². The van der Waals surface area contributed by atoms with Crippen LogP contribution in [0.5, 0.6) is 17.2 Å². The maximum absolute atomic E-state index is 12.2. The van der Waals surface area contributed by atoms with Gasteiger partial charge in [-0.15, -0.1) is 13.2 Å². The van der Waals surface area contributed by atoms with Gasteiger partial charge in [0.1, 0.15) is 5.75 Å². The van der Waals surface area contributed by atoms with Crippen LogP contribution in [0.25, 0.3) is 0 Å². The number of halogens is 3. The molecule has 0 radical (unpaired) electrons. The number of nitrogens with one attached hydrogen (secondary N) is 1. The van der Waals surface area contributed by atoms with Crippen LogP contribution in [0.3, 0.4) is 0 Å². The number of ether oxygens (including phenoxy) is 4. The van der Waals surface area contributed by atoms with Crippen LogP contribution in [0.4, 0.5) is 13.2 Å². The molecule has 29 heavy (non-hydrogen) atoms. The maximum Gasteiger partial charge on any atom is 0.573 e. The number of esters is 1. The molecule has 1 heterocycles. The summed E-state index contributed by atoms with van der Waals surface area (Å²) in [6, 6.07) is 9.39. The summed E-state index contributed by atoms with van der Waals surface area (Å²) >= 11 is 0. The van der Waals surface area contributed by atoms with E-state index in [1.54, 1.807) is 18.2 Å². The molecule has 0 fully saturated rings. The van der Waals surface area contributed by atoms with E-state index in [2.05, 4.69) is 10.1 Å². The summed E-state index contributed by atoms with van der Waals surface area (Å²) in [5.74, 6) is -0.658. The zero-order valence-electron chi connectivity index (χ0n) is 15.1. The highest BCUT2D eigenvalue weighted by molar-refractivity contribution is 5.92. The SMILES string of the molecule is C[C@H](OC(=O)c1ccc(OC(F)(F)F)cc1)C(=O)NCc1ccc2c(c1)OCO2. The number of fused-ring (bicyclic) bond motifs is 1. The number of amides is 1. The third-order valence-corrected chi connectivity index (χ3v) is 3.88. The number of carbonyl (C=O) groups excluding carboxylic acids is 2. The fraction of sp³-hybridized carbons (Fsp3) is 0.263. The van der Waals surface area contributed by atoms with Gasteiger partial charge in [0.15, 0.2) is 17.6 Å². The molecule has 0 unspecified atom stereocenters. The molecular weight excluding hydrogens is 395 g/mol. The molecule has 1 N–H and O–H groups in total. The lowest BCUT2D eigenvalue weighted by Crippen LogP contribution is -2.35. The van der Waals surface area contributed by atoms with Crippen LogP contribution >= 0.6 is 0 Å². The molecule has 0 bridgehead atoms. The van der Waals surface area contributed by atoms with E-state index >= 15 is 0 Å². The van der Waals surface area contributed by atoms with Crippen LogP contribution in [-0.4, -0.2) is 31.1 Å². The number of carbonyl (C=O) groups is 2. The fourth-order valence-corrected chi connectivity index (χ4v) is 2.46. The Morgan fingerprint density at radius 1 is 1.10 bits per heavy atom. The van der Waals surface area contributed by atoms with Crippen molar-refractivity contribution in [3.63, 3.8) is 0 Å². The molecule has 2 aromatic carbocycles. The molecule has 1 aliphatic rings. The molecule has 10 heteroatoms. The molecule has 1 aliphatic heterocycles. The van der Waals surface area contributed by atoms with Gasteiger partial charge in [0.2, 0.25) is 6.79 Å². The van der Waals surface area contributed by atoms with Crippen molar-refractivity contribution in [1.82, 2.24) is 5.32 Å². The second-order valence-electron chi connectivity index (χ2n) is 6.03. The Kier molecular flexibility index (Phi) is 5.81. The molecule has 3 rings (SSSR count). The summed E-state index contributed by atoms with van der Waals surface area (Å²) < 4.78 is 55.7. The standard InChI is InChI=1S/C19H16F3NO6/c1-11(17(24)23-9-12-2-7-15-16(8-12)27-10-26-15)28-18(25)13-3-5-14(6-4-13)29-19(20,21)22/h2-8,11H,9-10H2,1H3,(H,23,24)/t11-/m0/s1. The van der Waals surface area contributed by atoms with Crippen molar-refractivity contribution >= 4 is 11.9 Å². The largest absolute Gasteiger partial charge is 0.573 e. The molecule has 7 nitrogen and oxygen atoms in total. The molecule has 1 amide bonds. The van der Waals surface area contributed by atoms with Crippen molar-refractivity contribution < 1.29 is 41.7 Å². The average Bonchev–Trinajstić information content (AvgIpc) is 3.13. The van der Waals surface area contributed by atoms with Crippen LogP contribution in [0.15, 0.2) is 42.5 Å². The highest BCUT2D eigenvalue weighted by atomic mass is 19.4. The predicted molar refractivity (Wildman–Crippen MR) is 92.4 cm³/mol. The minimum atomic E-state index is -4.83. The Morgan fingerprint density at radius 3 is 2.48 bits per heavy atom. The molecule has 2 aromatic rings. The summed E-state index contributed by atoms with van der Waals surface area (Å²) in [5, 5.41) is 2.62. The normalized spacial score (nSPS) is 13.5. The Bertz CT molecular complexity index is 898. The number of rotatable bonds is 6. The van der Waals surface area contributed by atoms with E-state index in [0.29, 0.717) is 11.5 Å². The van der Waals surface area contributed by atoms with E-state index in [9.17, 15) is 22.8 Å². The Morgan fingerprint density at radius 2 is 1.79 bits per heavy atom. The van der Waals surface area contributed by atoms with Gasteiger partial charge in [0.05, 0.1) is 5.56 Å². The minimum absolute atomic E-state index is 0.0186. The molecule has 1 atom stereocenters. The number of benzene rings is 2. The van der Waals surface area contributed by atoms with E-state index < -0.39 is 30.1 Å². The monoisotopic (exact) mass is 411 g/mol. The van der Waals surface area contributed by atoms with Crippen LogP contribution in [0, 0.1) is 0 Å². The Balaban J connectivity index is 1.50. The minimum Gasteiger partial charge on any atom is -0.454 e.